The number of aromatic nitrogens is 2. The Hall–Kier alpha value is -0.860. The highest BCUT2D eigenvalue weighted by Crippen LogP contribution is 2.31. The molecule has 1 aliphatic heterocycles. The molecule has 0 aliphatic carbocycles. The number of carbonyl (C=O) groups is 2. The number of carbonyl (C=O) groups excluding carboxylic acids is 1. The van der Waals surface area contributed by atoms with Gasteiger partial charge in [-0.2, -0.15) is 0 Å². The number of carboxylic acid groups (broad SMARTS) is 1. The van der Waals surface area contributed by atoms with E-state index in [9.17, 15) is 9.59 Å². The first-order valence-electron chi connectivity index (χ1n) is 5.14. The molecule has 1 saturated heterocycles. The second kappa shape index (κ2) is 5.85. The van der Waals surface area contributed by atoms with Gasteiger partial charge in [0.15, 0.2) is 4.34 Å². The third kappa shape index (κ3) is 3.12. The highest BCUT2D eigenvalue weighted by molar-refractivity contribution is 8.01. The highest BCUT2D eigenvalue weighted by Gasteiger charge is 2.32. The van der Waals surface area contributed by atoms with Crippen molar-refractivity contribution in [3.63, 3.8) is 0 Å². The second-order valence-electron chi connectivity index (χ2n) is 3.76. The van der Waals surface area contributed by atoms with Crippen LogP contribution in [0.3, 0.4) is 0 Å². The van der Waals surface area contributed by atoms with E-state index in [-0.39, 0.29) is 17.6 Å². The molecule has 0 aromatic carbocycles. The molecule has 0 spiro atoms. The van der Waals surface area contributed by atoms with Crippen LogP contribution >= 0.6 is 34.7 Å². The molecule has 1 atom stereocenters. The summed E-state index contributed by atoms with van der Waals surface area (Å²) in [5, 5.41) is 16.8. The Morgan fingerprint density at radius 3 is 3.00 bits per heavy atom. The normalized spacial score (nSPS) is 19.5. The van der Waals surface area contributed by atoms with E-state index in [1.165, 1.54) is 11.3 Å². The first-order chi connectivity index (χ1) is 8.60. The van der Waals surface area contributed by atoms with Crippen molar-refractivity contribution in [2.24, 2.45) is 5.92 Å². The topological polar surface area (TPSA) is 83.4 Å². The van der Waals surface area contributed by atoms with Crippen molar-refractivity contribution in [2.75, 3.05) is 23.1 Å². The highest BCUT2D eigenvalue weighted by atomic mass is 35.5. The summed E-state index contributed by atoms with van der Waals surface area (Å²) in [6, 6.07) is 0. The van der Waals surface area contributed by atoms with Crippen LogP contribution in [0.4, 0.5) is 5.13 Å². The minimum absolute atomic E-state index is 0.00779. The fraction of sp³-hybridized carbons (Fsp3) is 0.556. The minimum atomic E-state index is -0.906. The lowest BCUT2D eigenvalue weighted by Crippen LogP contribution is -2.24. The maximum Gasteiger partial charge on any atom is 0.313 e. The van der Waals surface area contributed by atoms with Crippen molar-refractivity contribution in [2.45, 2.75) is 10.8 Å². The van der Waals surface area contributed by atoms with Gasteiger partial charge in [0, 0.05) is 18.8 Å². The number of alkyl halides is 1. The number of amides is 1. The van der Waals surface area contributed by atoms with Gasteiger partial charge in [-0.05, 0) is 5.92 Å². The van der Waals surface area contributed by atoms with Crippen LogP contribution in [-0.2, 0) is 9.59 Å². The van der Waals surface area contributed by atoms with Gasteiger partial charge in [-0.1, -0.05) is 23.1 Å². The molecule has 1 aliphatic rings. The molecule has 1 amide bonds. The van der Waals surface area contributed by atoms with Gasteiger partial charge in [-0.3, -0.25) is 14.5 Å². The molecule has 2 rings (SSSR count). The summed E-state index contributed by atoms with van der Waals surface area (Å²) in [6.07, 6.45) is 0.431. The second-order valence-corrected chi connectivity index (χ2v) is 6.25. The van der Waals surface area contributed by atoms with E-state index in [1.54, 1.807) is 4.90 Å². The van der Waals surface area contributed by atoms with Crippen LogP contribution in [0.15, 0.2) is 4.34 Å². The molecule has 0 radical (unpaired) electrons. The Balaban J connectivity index is 2.01. The molecule has 2 heterocycles. The van der Waals surface area contributed by atoms with E-state index in [0.29, 0.717) is 28.3 Å². The predicted octanol–water partition coefficient (Wildman–Crippen LogP) is 1.31. The number of nitrogens with zero attached hydrogens (tertiary/aromatic N) is 3. The summed E-state index contributed by atoms with van der Waals surface area (Å²) in [4.78, 5) is 23.7. The number of rotatable bonds is 5. The van der Waals surface area contributed by atoms with E-state index in [4.69, 9.17) is 16.7 Å². The number of hydrogen-bond acceptors (Lipinski definition) is 6. The lowest BCUT2D eigenvalue weighted by Gasteiger charge is -2.10. The maximum atomic E-state index is 11.7. The zero-order valence-corrected chi connectivity index (χ0v) is 11.6. The van der Waals surface area contributed by atoms with Crippen LogP contribution < -0.4 is 4.90 Å². The molecule has 18 heavy (non-hydrogen) atoms. The van der Waals surface area contributed by atoms with Gasteiger partial charge in [0.25, 0.3) is 0 Å². The van der Waals surface area contributed by atoms with Crippen LogP contribution in [0, 0.1) is 5.92 Å². The molecule has 0 bridgehead atoms. The standard InChI is InChI=1S/C9H10ClN3O3S2/c10-2-5-1-6(14)13(3-5)8-11-12-9(18-8)17-4-7(15)16/h5H,1-4H2,(H,15,16). The lowest BCUT2D eigenvalue weighted by molar-refractivity contribution is -0.133. The van der Waals surface area contributed by atoms with Gasteiger partial charge in [-0.15, -0.1) is 21.8 Å². The molecule has 1 aromatic rings. The summed E-state index contributed by atoms with van der Waals surface area (Å²) in [7, 11) is 0. The summed E-state index contributed by atoms with van der Waals surface area (Å²) in [6.45, 7) is 0.556. The van der Waals surface area contributed by atoms with Crippen molar-refractivity contribution in [3.05, 3.63) is 0 Å². The average molecular weight is 308 g/mol. The molecule has 9 heteroatoms. The van der Waals surface area contributed by atoms with Gasteiger partial charge in [0.1, 0.15) is 0 Å². The van der Waals surface area contributed by atoms with Gasteiger partial charge in [0.05, 0.1) is 5.75 Å². The van der Waals surface area contributed by atoms with Gasteiger partial charge >= 0.3 is 5.97 Å². The Morgan fingerprint density at radius 1 is 1.61 bits per heavy atom. The van der Waals surface area contributed by atoms with Crippen LogP contribution in [0.5, 0.6) is 0 Å². The Labute approximate surface area is 116 Å². The molecule has 1 fully saturated rings. The summed E-state index contributed by atoms with van der Waals surface area (Å²) in [5.41, 5.74) is 0. The summed E-state index contributed by atoms with van der Waals surface area (Å²) < 4.78 is 0.550. The van der Waals surface area contributed by atoms with Gasteiger partial charge < -0.3 is 5.11 Å². The van der Waals surface area contributed by atoms with Crippen molar-refractivity contribution < 1.29 is 14.7 Å². The van der Waals surface area contributed by atoms with Gasteiger partial charge in [-0.25, -0.2) is 0 Å². The summed E-state index contributed by atoms with van der Waals surface area (Å²) >= 11 is 8.06. The first-order valence-corrected chi connectivity index (χ1v) is 7.48. The first kappa shape index (κ1) is 13.6. The van der Waals surface area contributed by atoms with Crippen LogP contribution in [0.25, 0.3) is 0 Å². The molecule has 1 aromatic heterocycles. The minimum Gasteiger partial charge on any atom is -0.481 e. The Kier molecular flexibility index (Phi) is 4.41. The quantitative estimate of drug-likeness (QED) is 0.501. The average Bonchev–Trinajstić information content (AvgIpc) is 2.92. The van der Waals surface area contributed by atoms with Crippen LogP contribution in [0.2, 0.25) is 0 Å². The molecule has 6 nitrogen and oxygen atoms in total. The smallest absolute Gasteiger partial charge is 0.313 e. The third-order valence-corrected chi connectivity index (χ3v) is 4.87. The van der Waals surface area contributed by atoms with E-state index in [1.807, 2.05) is 0 Å². The lowest BCUT2D eigenvalue weighted by atomic mass is 10.2. The molecule has 98 valence electrons. The monoisotopic (exact) mass is 307 g/mol. The van der Waals surface area contributed by atoms with Gasteiger partial charge in [0.2, 0.25) is 11.0 Å². The van der Waals surface area contributed by atoms with E-state index in [2.05, 4.69) is 10.2 Å². The number of anilines is 1. The molecule has 0 saturated carbocycles. The number of thioether (sulfide) groups is 1. The van der Waals surface area contributed by atoms with Crippen molar-refractivity contribution in [3.8, 4) is 0 Å². The Bertz CT molecular complexity index is 468. The third-order valence-electron chi connectivity index (χ3n) is 2.37. The number of carboxylic acids is 1. The molecule has 1 unspecified atom stereocenters. The zero-order chi connectivity index (χ0) is 13.1. The largest absolute Gasteiger partial charge is 0.481 e. The van der Waals surface area contributed by atoms with E-state index < -0.39 is 5.97 Å². The number of aliphatic carboxylic acids is 1. The van der Waals surface area contributed by atoms with Crippen molar-refractivity contribution in [1.29, 1.82) is 0 Å². The number of hydrogen-bond donors (Lipinski definition) is 1. The SMILES string of the molecule is O=C(O)CSc1nnc(N2CC(CCl)CC2=O)s1. The molecular formula is C9H10ClN3O3S2. The molecule has 1 N–H and O–H groups in total. The predicted molar refractivity (Wildman–Crippen MR) is 69.4 cm³/mol. The maximum absolute atomic E-state index is 11.7. The van der Waals surface area contributed by atoms with Crippen LogP contribution in [0.1, 0.15) is 6.42 Å². The van der Waals surface area contributed by atoms with Crippen molar-refractivity contribution >= 4 is 51.7 Å². The van der Waals surface area contributed by atoms with Crippen LogP contribution in [-0.4, -0.2) is 45.4 Å². The Morgan fingerprint density at radius 2 is 2.39 bits per heavy atom. The zero-order valence-electron chi connectivity index (χ0n) is 9.21. The fourth-order valence-electron chi connectivity index (χ4n) is 1.56. The molecular weight excluding hydrogens is 298 g/mol. The van der Waals surface area contributed by atoms with E-state index >= 15 is 0 Å². The number of halogens is 1. The fourth-order valence-corrected chi connectivity index (χ4v) is 3.36. The summed E-state index contributed by atoms with van der Waals surface area (Å²) in [5.74, 6) is -0.380. The van der Waals surface area contributed by atoms with E-state index in [0.717, 1.165) is 11.8 Å². The van der Waals surface area contributed by atoms with Crippen molar-refractivity contribution in [1.82, 2.24) is 10.2 Å².